The Morgan fingerprint density at radius 1 is 1.03 bits per heavy atom. The van der Waals surface area contributed by atoms with Crippen LogP contribution in [0, 0.1) is 5.41 Å². The number of nitrogens with one attached hydrogen (secondary N) is 2. The molecule has 2 aromatic heterocycles. The number of nitrogen functional groups attached to an aromatic ring is 1. The second-order valence-corrected chi connectivity index (χ2v) is 7.36. The van der Waals surface area contributed by atoms with Crippen molar-refractivity contribution in [1.82, 2.24) is 14.7 Å². The zero-order valence-electron chi connectivity index (χ0n) is 18.0. The van der Waals surface area contributed by atoms with Crippen LogP contribution in [0.2, 0.25) is 0 Å². The SMILES string of the molecule is CCOC(=O)c1ccc(-c2cn3cccc(CNC(=O)c4ccc(C(=N)N)cc4)c3n2)cc1. The number of nitrogens with two attached hydrogens (primary N) is 1. The van der Waals surface area contributed by atoms with E-state index in [1.807, 2.05) is 41.1 Å². The highest BCUT2D eigenvalue weighted by Crippen LogP contribution is 2.22. The van der Waals surface area contributed by atoms with Gasteiger partial charge in [0.25, 0.3) is 5.91 Å². The number of hydrogen-bond acceptors (Lipinski definition) is 5. The van der Waals surface area contributed by atoms with E-state index in [9.17, 15) is 9.59 Å². The minimum Gasteiger partial charge on any atom is -0.462 e. The average Bonchev–Trinajstić information content (AvgIpc) is 3.28. The zero-order valence-corrected chi connectivity index (χ0v) is 18.0. The molecule has 0 atom stereocenters. The number of rotatable bonds is 7. The van der Waals surface area contributed by atoms with Crippen LogP contribution in [0.25, 0.3) is 16.9 Å². The normalized spacial score (nSPS) is 10.7. The number of benzene rings is 2. The third-order valence-corrected chi connectivity index (χ3v) is 5.15. The molecule has 4 rings (SSSR count). The van der Waals surface area contributed by atoms with E-state index in [1.54, 1.807) is 43.3 Å². The molecule has 0 aliphatic rings. The molecule has 2 aromatic carbocycles. The lowest BCUT2D eigenvalue weighted by molar-refractivity contribution is 0.0526. The van der Waals surface area contributed by atoms with Gasteiger partial charge in [0, 0.05) is 41.2 Å². The Hall–Kier alpha value is -4.46. The summed E-state index contributed by atoms with van der Waals surface area (Å²) in [4.78, 5) is 29.1. The second kappa shape index (κ2) is 9.35. The Bertz CT molecular complexity index is 1320. The van der Waals surface area contributed by atoms with E-state index in [4.69, 9.17) is 20.9 Å². The number of fused-ring (bicyclic) bond motifs is 1. The van der Waals surface area contributed by atoms with Crippen molar-refractivity contribution in [3.63, 3.8) is 0 Å². The Kier molecular flexibility index (Phi) is 6.17. The lowest BCUT2D eigenvalue weighted by Crippen LogP contribution is -2.23. The summed E-state index contributed by atoms with van der Waals surface area (Å²) in [5.41, 5.74) is 10.2. The molecular formula is C25H23N5O3. The Balaban J connectivity index is 1.51. The van der Waals surface area contributed by atoms with Gasteiger partial charge in [-0.1, -0.05) is 30.3 Å². The van der Waals surface area contributed by atoms with Crippen molar-refractivity contribution in [3.05, 3.63) is 95.3 Å². The third-order valence-electron chi connectivity index (χ3n) is 5.15. The number of ether oxygens (including phenoxy) is 1. The molecule has 166 valence electrons. The first-order valence-electron chi connectivity index (χ1n) is 10.4. The minimum absolute atomic E-state index is 0.0423. The molecule has 2 heterocycles. The van der Waals surface area contributed by atoms with Gasteiger partial charge in [0.1, 0.15) is 11.5 Å². The van der Waals surface area contributed by atoms with Gasteiger partial charge in [-0.15, -0.1) is 0 Å². The number of carbonyl (C=O) groups excluding carboxylic acids is 2. The lowest BCUT2D eigenvalue weighted by Gasteiger charge is -2.07. The minimum atomic E-state index is -0.354. The van der Waals surface area contributed by atoms with E-state index in [2.05, 4.69) is 5.32 Å². The summed E-state index contributed by atoms with van der Waals surface area (Å²) in [5.74, 6) is -0.624. The summed E-state index contributed by atoms with van der Waals surface area (Å²) >= 11 is 0. The number of carbonyl (C=O) groups is 2. The standard InChI is InChI=1S/C25H23N5O3/c1-2-33-25(32)19-11-5-16(6-12-19)21-15-30-13-3-4-20(23(30)29-21)14-28-24(31)18-9-7-17(8-10-18)22(26)27/h3-13,15H,2,14H2,1H3,(H3,26,27)(H,28,31). The van der Waals surface area contributed by atoms with Crippen LogP contribution in [0.15, 0.2) is 73.1 Å². The Labute approximate surface area is 190 Å². The fraction of sp³-hybridized carbons (Fsp3) is 0.120. The molecule has 4 aromatic rings. The Morgan fingerprint density at radius 2 is 1.70 bits per heavy atom. The number of amidine groups is 1. The molecule has 0 bridgehead atoms. The van der Waals surface area contributed by atoms with E-state index < -0.39 is 0 Å². The van der Waals surface area contributed by atoms with Gasteiger partial charge in [0.05, 0.1) is 17.9 Å². The molecule has 8 heteroatoms. The largest absolute Gasteiger partial charge is 0.462 e. The highest BCUT2D eigenvalue weighted by molar-refractivity contribution is 5.98. The van der Waals surface area contributed by atoms with E-state index >= 15 is 0 Å². The van der Waals surface area contributed by atoms with Crippen molar-refractivity contribution < 1.29 is 14.3 Å². The molecule has 0 saturated heterocycles. The summed E-state index contributed by atoms with van der Waals surface area (Å²) in [6.45, 7) is 2.40. The van der Waals surface area contributed by atoms with Crippen LogP contribution >= 0.6 is 0 Å². The topological polar surface area (TPSA) is 123 Å². The van der Waals surface area contributed by atoms with Crippen molar-refractivity contribution >= 4 is 23.4 Å². The first-order valence-corrected chi connectivity index (χ1v) is 10.4. The summed E-state index contributed by atoms with van der Waals surface area (Å²) in [6, 6.07) is 17.5. The van der Waals surface area contributed by atoms with Crippen molar-refractivity contribution in [2.24, 2.45) is 5.73 Å². The van der Waals surface area contributed by atoms with Crippen molar-refractivity contribution in [2.45, 2.75) is 13.5 Å². The van der Waals surface area contributed by atoms with Gasteiger partial charge in [-0.25, -0.2) is 9.78 Å². The fourth-order valence-corrected chi connectivity index (χ4v) is 3.42. The molecule has 0 unspecified atom stereocenters. The molecule has 0 aliphatic heterocycles. The van der Waals surface area contributed by atoms with Gasteiger partial charge in [-0.05, 0) is 37.3 Å². The maximum absolute atomic E-state index is 12.5. The molecule has 4 N–H and O–H groups in total. The molecule has 33 heavy (non-hydrogen) atoms. The molecular weight excluding hydrogens is 418 g/mol. The van der Waals surface area contributed by atoms with Crippen LogP contribution in [-0.4, -0.2) is 33.7 Å². The van der Waals surface area contributed by atoms with Crippen LogP contribution in [0.1, 0.15) is 38.8 Å². The number of pyridine rings is 1. The lowest BCUT2D eigenvalue weighted by atomic mass is 10.1. The van der Waals surface area contributed by atoms with E-state index in [-0.39, 0.29) is 17.7 Å². The maximum Gasteiger partial charge on any atom is 0.338 e. The monoisotopic (exact) mass is 441 g/mol. The van der Waals surface area contributed by atoms with Crippen molar-refractivity contribution in [2.75, 3.05) is 6.61 Å². The average molecular weight is 441 g/mol. The highest BCUT2D eigenvalue weighted by atomic mass is 16.5. The van der Waals surface area contributed by atoms with Gasteiger partial charge in [0.2, 0.25) is 0 Å². The van der Waals surface area contributed by atoms with Crippen molar-refractivity contribution in [1.29, 1.82) is 5.41 Å². The predicted octanol–water partition coefficient (Wildman–Crippen LogP) is 3.39. The van der Waals surface area contributed by atoms with Crippen molar-refractivity contribution in [3.8, 4) is 11.3 Å². The molecule has 1 amide bonds. The smallest absolute Gasteiger partial charge is 0.338 e. The van der Waals surface area contributed by atoms with Gasteiger partial charge < -0.3 is 20.2 Å². The number of aromatic nitrogens is 2. The molecule has 8 nitrogen and oxygen atoms in total. The summed E-state index contributed by atoms with van der Waals surface area (Å²) in [7, 11) is 0. The number of nitrogens with zero attached hydrogens (tertiary/aromatic N) is 2. The molecule has 0 saturated carbocycles. The van der Waals surface area contributed by atoms with Gasteiger partial charge in [0.15, 0.2) is 0 Å². The molecule has 0 spiro atoms. The number of amides is 1. The van der Waals surface area contributed by atoms with E-state index in [0.717, 1.165) is 22.5 Å². The van der Waals surface area contributed by atoms with E-state index in [1.165, 1.54) is 0 Å². The first kappa shape index (κ1) is 21.8. The van der Waals surface area contributed by atoms with Gasteiger partial charge >= 0.3 is 5.97 Å². The summed E-state index contributed by atoms with van der Waals surface area (Å²) < 4.78 is 6.92. The van der Waals surface area contributed by atoms with Crippen LogP contribution < -0.4 is 11.1 Å². The zero-order chi connectivity index (χ0) is 23.4. The van der Waals surface area contributed by atoms with Crippen LogP contribution in [0.5, 0.6) is 0 Å². The first-order chi connectivity index (χ1) is 16.0. The number of imidazole rings is 1. The molecule has 0 fully saturated rings. The maximum atomic E-state index is 12.5. The highest BCUT2D eigenvalue weighted by Gasteiger charge is 2.12. The van der Waals surface area contributed by atoms with Gasteiger partial charge in [-0.3, -0.25) is 10.2 Å². The molecule has 0 radical (unpaired) electrons. The van der Waals surface area contributed by atoms with Crippen LogP contribution in [-0.2, 0) is 11.3 Å². The summed E-state index contributed by atoms with van der Waals surface area (Å²) in [6.07, 6.45) is 3.80. The number of esters is 1. The Morgan fingerprint density at radius 3 is 2.36 bits per heavy atom. The van der Waals surface area contributed by atoms with Crippen LogP contribution in [0.3, 0.4) is 0 Å². The second-order valence-electron chi connectivity index (χ2n) is 7.36. The molecule has 0 aliphatic carbocycles. The van der Waals surface area contributed by atoms with Crippen LogP contribution in [0.4, 0.5) is 0 Å². The van der Waals surface area contributed by atoms with Gasteiger partial charge in [-0.2, -0.15) is 0 Å². The third kappa shape index (κ3) is 4.74. The fourth-order valence-electron chi connectivity index (χ4n) is 3.42. The quantitative estimate of drug-likeness (QED) is 0.230. The number of hydrogen-bond donors (Lipinski definition) is 3. The summed E-state index contributed by atoms with van der Waals surface area (Å²) in [5, 5.41) is 10.3. The predicted molar refractivity (Wildman–Crippen MR) is 125 cm³/mol. The van der Waals surface area contributed by atoms with E-state index in [0.29, 0.717) is 29.8 Å².